The predicted molar refractivity (Wildman–Crippen MR) is 119 cm³/mol. The van der Waals surface area contributed by atoms with Crippen molar-refractivity contribution < 1.29 is 9.53 Å². The zero-order valence-electron chi connectivity index (χ0n) is 17.0. The molecule has 0 atom stereocenters. The first-order valence-corrected chi connectivity index (χ1v) is 10.4. The van der Waals surface area contributed by atoms with E-state index in [9.17, 15) is 4.79 Å². The SMILES string of the molecule is COc1ccc(CC(=O)Nc2cc(C)nn2-c2nc(-c3ccc(C)cc3)cs2)cc1. The van der Waals surface area contributed by atoms with Crippen molar-refractivity contribution in [3.63, 3.8) is 0 Å². The maximum absolute atomic E-state index is 12.6. The molecule has 7 heteroatoms. The number of methoxy groups -OCH3 is 1. The topological polar surface area (TPSA) is 69.0 Å². The lowest BCUT2D eigenvalue weighted by molar-refractivity contribution is -0.115. The molecule has 0 aliphatic rings. The van der Waals surface area contributed by atoms with Crippen LogP contribution >= 0.6 is 11.3 Å². The molecule has 0 spiro atoms. The highest BCUT2D eigenvalue weighted by Gasteiger charge is 2.15. The number of carbonyl (C=O) groups excluding carboxylic acids is 1. The number of amides is 1. The van der Waals surface area contributed by atoms with Crippen LogP contribution < -0.4 is 10.1 Å². The number of nitrogens with one attached hydrogen (secondary N) is 1. The van der Waals surface area contributed by atoms with Gasteiger partial charge in [0.05, 0.1) is 24.9 Å². The molecule has 30 heavy (non-hydrogen) atoms. The van der Waals surface area contributed by atoms with Crippen LogP contribution in [0.4, 0.5) is 5.82 Å². The van der Waals surface area contributed by atoms with Gasteiger partial charge in [0.2, 0.25) is 11.0 Å². The van der Waals surface area contributed by atoms with E-state index in [1.54, 1.807) is 11.8 Å². The van der Waals surface area contributed by atoms with Crippen LogP contribution in [0.3, 0.4) is 0 Å². The van der Waals surface area contributed by atoms with E-state index in [4.69, 9.17) is 9.72 Å². The zero-order valence-corrected chi connectivity index (χ0v) is 17.9. The standard InChI is InChI=1S/C23H22N4O2S/c1-15-4-8-18(9-5-15)20-14-30-23(24-20)27-21(12-16(2)26-27)25-22(28)13-17-6-10-19(29-3)11-7-17/h4-12,14H,13H2,1-3H3,(H,25,28). The smallest absolute Gasteiger partial charge is 0.229 e. The van der Waals surface area contributed by atoms with E-state index in [0.717, 1.165) is 28.3 Å². The molecule has 1 amide bonds. The van der Waals surface area contributed by atoms with E-state index in [0.29, 0.717) is 10.9 Å². The van der Waals surface area contributed by atoms with Gasteiger partial charge >= 0.3 is 0 Å². The molecule has 0 bridgehead atoms. The molecule has 0 saturated carbocycles. The Morgan fingerprint density at radius 3 is 2.53 bits per heavy atom. The summed E-state index contributed by atoms with van der Waals surface area (Å²) < 4.78 is 6.84. The molecule has 0 unspecified atom stereocenters. The number of rotatable bonds is 6. The van der Waals surface area contributed by atoms with Crippen LogP contribution in [-0.2, 0) is 11.2 Å². The maximum atomic E-state index is 12.6. The summed E-state index contributed by atoms with van der Waals surface area (Å²) in [4.78, 5) is 17.3. The molecule has 2 aromatic carbocycles. The molecule has 2 aromatic heterocycles. The Morgan fingerprint density at radius 1 is 1.10 bits per heavy atom. The predicted octanol–water partition coefficient (Wildman–Crippen LogP) is 4.80. The number of benzene rings is 2. The molecule has 0 fully saturated rings. The second kappa shape index (κ2) is 8.51. The second-order valence-corrected chi connectivity index (χ2v) is 7.87. The van der Waals surface area contributed by atoms with Gasteiger partial charge in [-0.15, -0.1) is 11.3 Å². The van der Waals surface area contributed by atoms with Crippen LogP contribution in [0.15, 0.2) is 60.0 Å². The monoisotopic (exact) mass is 418 g/mol. The fraction of sp³-hybridized carbons (Fsp3) is 0.174. The van der Waals surface area contributed by atoms with Crippen molar-refractivity contribution in [3.05, 3.63) is 76.8 Å². The number of hydrogen-bond acceptors (Lipinski definition) is 5. The number of aryl methyl sites for hydroxylation is 2. The molecule has 0 saturated heterocycles. The maximum Gasteiger partial charge on any atom is 0.229 e. The van der Waals surface area contributed by atoms with Crippen LogP contribution in [0.5, 0.6) is 5.75 Å². The van der Waals surface area contributed by atoms with Gasteiger partial charge < -0.3 is 10.1 Å². The van der Waals surface area contributed by atoms with E-state index in [1.807, 2.05) is 42.6 Å². The van der Waals surface area contributed by atoms with Gasteiger partial charge in [0.25, 0.3) is 0 Å². The summed E-state index contributed by atoms with van der Waals surface area (Å²) >= 11 is 1.49. The highest BCUT2D eigenvalue weighted by molar-refractivity contribution is 7.12. The number of anilines is 1. The third kappa shape index (κ3) is 4.41. The van der Waals surface area contributed by atoms with Crippen LogP contribution in [0.25, 0.3) is 16.4 Å². The second-order valence-electron chi connectivity index (χ2n) is 7.04. The Labute approximate surface area is 179 Å². The average Bonchev–Trinajstić information content (AvgIpc) is 3.36. The van der Waals surface area contributed by atoms with Crippen LogP contribution in [0.2, 0.25) is 0 Å². The van der Waals surface area contributed by atoms with E-state index in [2.05, 4.69) is 41.6 Å². The van der Waals surface area contributed by atoms with Crippen molar-refractivity contribution in [2.24, 2.45) is 0 Å². The Morgan fingerprint density at radius 2 is 1.83 bits per heavy atom. The summed E-state index contributed by atoms with van der Waals surface area (Å²) in [7, 11) is 1.62. The van der Waals surface area contributed by atoms with Crippen molar-refractivity contribution in [2.45, 2.75) is 20.3 Å². The van der Waals surface area contributed by atoms with Gasteiger partial charge in [0, 0.05) is 17.0 Å². The van der Waals surface area contributed by atoms with Gasteiger partial charge in [-0.3, -0.25) is 4.79 Å². The van der Waals surface area contributed by atoms with E-state index in [1.165, 1.54) is 16.9 Å². The minimum atomic E-state index is -0.114. The molecule has 4 aromatic rings. The highest BCUT2D eigenvalue weighted by atomic mass is 32.1. The molecule has 0 radical (unpaired) electrons. The molecular weight excluding hydrogens is 396 g/mol. The molecule has 152 valence electrons. The first-order chi connectivity index (χ1) is 14.5. The fourth-order valence-corrected chi connectivity index (χ4v) is 3.86. The number of thiazole rings is 1. The highest BCUT2D eigenvalue weighted by Crippen LogP contribution is 2.26. The number of nitrogens with zero attached hydrogens (tertiary/aromatic N) is 3. The van der Waals surface area contributed by atoms with Crippen molar-refractivity contribution in [1.82, 2.24) is 14.8 Å². The Bertz CT molecular complexity index is 1160. The fourth-order valence-electron chi connectivity index (χ4n) is 3.07. The van der Waals surface area contributed by atoms with E-state index in [-0.39, 0.29) is 12.3 Å². The largest absolute Gasteiger partial charge is 0.497 e. The van der Waals surface area contributed by atoms with Crippen molar-refractivity contribution in [2.75, 3.05) is 12.4 Å². The number of carbonyl (C=O) groups is 1. The van der Waals surface area contributed by atoms with Gasteiger partial charge in [-0.1, -0.05) is 42.0 Å². The van der Waals surface area contributed by atoms with Gasteiger partial charge in [-0.25, -0.2) is 4.98 Å². The van der Waals surface area contributed by atoms with Gasteiger partial charge in [-0.2, -0.15) is 9.78 Å². The Kier molecular flexibility index (Phi) is 5.63. The summed E-state index contributed by atoms with van der Waals surface area (Å²) in [6.07, 6.45) is 0.265. The summed E-state index contributed by atoms with van der Waals surface area (Å²) in [5.74, 6) is 1.26. The van der Waals surface area contributed by atoms with E-state index < -0.39 is 0 Å². The third-order valence-electron chi connectivity index (χ3n) is 4.64. The summed E-state index contributed by atoms with van der Waals surface area (Å²) in [5, 5.41) is 10.2. The molecule has 6 nitrogen and oxygen atoms in total. The average molecular weight is 419 g/mol. The van der Waals surface area contributed by atoms with Crippen molar-refractivity contribution >= 4 is 23.1 Å². The lowest BCUT2D eigenvalue weighted by Crippen LogP contribution is -2.17. The normalized spacial score (nSPS) is 10.8. The Hall–Kier alpha value is -3.45. The first-order valence-electron chi connectivity index (χ1n) is 9.54. The molecule has 0 aliphatic carbocycles. The molecule has 2 heterocycles. The minimum absolute atomic E-state index is 0.114. The van der Waals surface area contributed by atoms with Gasteiger partial charge in [0.1, 0.15) is 11.6 Å². The minimum Gasteiger partial charge on any atom is -0.497 e. The molecule has 1 N–H and O–H groups in total. The molecule has 0 aliphatic heterocycles. The van der Waals surface area contributed by atoms with Crippen molar-refractivity contribution in [1.29, 1.82) is 0 Å². The molecule has 4 rings (SSSR count). The molecular formula is C23H22N4O2S. The lowest BCUT2D eigenvalue weighted by Gasteiger charge is -2.07. The summed E-state index contributed by atoms with van der Waals surface area (Å²) in [6, 6.07) is 17.6. The van der Waals surface area contributed by atoms with Gasteiger partial charge in [-0.05, 0) is 31.5 Å². The van der Waals surface area contributed by atoms with Crippen molar-refractivity contribution in [3.8, 4) is 22.1 Å². The van der Waals surface area contributed by atoms with Crippen LogP contribution in [0, 0.1) is 13.8 Å². The quantitative estimate of drug-likeness (QED) is 0.488. The van der Waals surface area contributed by atoms with Crippen LogP contribution in [0.1, 0.15) is 16.8 Å². The summed E-state index contributed by atoms with van der Waals surface area (Å²) in [6.45, 7) is 3.95. The first kappa shape index (κ1) is 19.8. The Balaban J connectivity index is 1.52. The van der Waals surface area contributed by atoms with E-state index >= 15 is 0 Å². The van der Waals surface area contributed by atoms with Gasteiger partial charge in [0.15, 0.2) is 0 Å². The number of ether oxygens (including phenoxy) is 1. The van der Waals surface area contributed by atoms with Crippen LogP contribution in [-0.4, -0.2) is 27.8 Å². The zero-order chi connectivity index (χ0) is 21.1. The number of hydrogen-bond donors (Lipinski definition) is 1. The number of aromatic nitrogens is 3. The lowest BCUT2D eigenvalue weighted by atomic mass is 10.1. The summed E-state index contributed by atoms with van der Waals surface area (Å²) in [5.41, 5.74) is 4.86. The third-order valence-corrected chi connectivity index (χ3v) is 5.46.